The zero-order chi connectivity index (χ0) is 15.0. The van der Waals surface area contributed by atoms with Crippen LogP contribution in [-0.2, 0) is 19.5 Å². The van der Waals surface area contributed by atoms with Gasteiger partial charge in [-0.05, 0) is 38.8 Å². The largest absolute Gasteiger partial charge is 0.369 e. The second-order valence-corrected chi connectivity index (χ2v) is 6.53. The molecule has 4 rings (SSSR count). The van der Waals surface area contributed by atoms with Crippen LogP contribution in [0.5, 0.6) is 0 Å². The average molecular weight is 298 g/mol. The lowest BCUT2D eigenvalue weighted by Gasteiger charge is -2.22. The summed E-state index contributed by atoms with van der Waals surface area (Å²) in [4.78, 5) is 9.21. The van der Waals surface area contributed by atoms with Gasteiger partial charge in [0.25, 0.3) is 0 Å². The van der Waals surface area contributed by atoms with E-state index < -0.39 is 0 Å². The predicted molar refractivity (Wildman–Crippen MR) is 84.6 cm³/mol. The van der Waals surface area contributed by atoms with Crippen LogP contribution in [0.15, 0.2) is 18.5 Å². The third kappa shape index (κ3) is 2.70. The van der Waals surface area contributed by atoms with Crippen molar-refractivity contribution < 1.29 is 0 Å². The van der Waals surface area contributed by atoms with Crippen molar-refractivity contribution in [3.8, 4) is 0 Å². The highest BCUT2D eigenvalue weighted by atomic mass is 15.3. The molecule has 3 heterocycles. The molecule has 1 saturated carbocycles. The van der Waals surface area contributed by atoms with Gasteiger partial charge >= 0.3 is 0 Å². The molecule has 0 atom stereocenters. The number of hydrogen-bond donors (Lipinski definition) is 2. The molecule has 2 N–H and O–H groups in total. The zero-order valence-corrected chi connectivity index (χ0v) is 13.0. The predicted octanol–water partition coefficient (Wildman–Crippen LogP) is 1.52. The molecule has 0 unspecified atom stereocenters. The van der Waals surface area contributed by atoms with Gasteiger partial charge in [-0.1, -0.05) is 0 Å². The highest BCUT2D eigenvalue weighted by Gasteiger charge is 2.43. The number of nitrogens with one attached hydrogen (secondary N) is 2. The molecule has 0 amide bonds. The summed E-state index contributed by atoms with van der Waals surface area (Å²) in [6.07, 6.45) is 7.41. The minimum absolute atomic E-state index is 0.338. The summed E-state index contributed by atoms with van der Waals surface area (Å²) >= 11 is 0. The van der Waals surface area contributed by atoms with E-state index in [2.05, 4.69) is 25.7 Å². The van der Waals surface area contributed by atoms with Gasteiger partial charge in [0.15, 0.2) is 0 Å². The van der Waals surface area contributed by atoms with E-state index in [-0.39, 0.29) is 0 Å². The van der Waals surface area contributed by atoms with Crippen molar-refractivity contribution in [1.29, 1.82) is 0 Å². The van der Waals surface area contributed by atoms with Gasteiger partial charge in [0.2, 0.25) is 0 Å². The average Bonchev–Trinajstić information content (AvgIpc) is 3.08. The Kier molecular flexibility index (Phi) is 3.33. The van der Waals surface area contributed by atoms with Crippen LogP contribution in [0.4, 0.5) is 5.82 Å². The van der Waals surface area contributed by atoms with Crippen molar-refractivity contribution in [3.63, 3.8) is 0 Å². The lowest BCUT2D eigenvalue weighted by molar-refractivity contribution is 0.416. The summed E-state index contributed by atoms with van der Waals surface area (Å²) in [5, 5.41) is 11.3. The first-order valence-corrected chi connectivity index (χ1v) is 8.03. The number of rotatable bonds is 5. The molecule has 22 heavy (non-hydrogen) atoms. The van der Waals surface area contributed by atoms with Gasteiger partial charge in [-0.2, -0.15) is 5.10 Å². The molecule has 1 aliphatic heterocycles. The third-order valence-electron chi connectivity index (χ3n) is 4.69. The number of aryl methyl sites for hydroxylation is 1. The van der Waals surface area contributed by atoms with Crippen molar-refractivity contribution in [2.75, 3.05) is 18.4 Å². The van der Waals surface area contributed by atoms with Gasteiger partial charge in [-0.25, -0.2) is 9.97 Å². The van der Waals surface area contributed by atoms with Crippen LogP contribution < -0.4 is 10.6 Å². The lowest BCUT2D eigenvalue weighted by atomic mass is 10.1. The van der Waals surface area contributed by atoms with E-state index in [4.69, 9.17) is 0 Å². The summed E-state index contributed by atoms with van der Waals surface area (Å²) < 4.78 is 2.04. The standard InChI is InChI=1S/C16H22N6/c1-12-20-14-9-17-7-3-13(14)15(21-12)18-10-16(4-5-16)11-22-8-2-6-19-22/h2,6,8,17H,3-5,7,9-11H2,1H3,(H,18,20,21). The number of nitrogens with zero attached hydrogens (tertiary/aromatic N) is 4. The van der Waals surface area contributed by atoms with Crippen molar-refractivity contribution >= 4 is 5.82 Å². The third-order valence-corrected chi connectivity index (χ3v) is 4.69. The fourth-order valence-electron chi connectivity index (χ4n) is 3.21. The fourth-order valence-corrected chi connectivity index (χ4v) is 3.21. The second kappa shape index (κ2) is 5.35. The van der Waals surface area contributed by atoms with Crippen LogP contribution in [0, 0.1) is 12.3 Å². The Morgan fingerprint density at radius 3 is 3.05 bits per heavy atom. The summed E-state index contributed by atoms with van der Waals surface area (Å²) in [5.41, 5.74) is 2.78. The molecule has 6 nitrogen and oxygen atoms in total. The van der Waals surface area contributed by atoms with Crippen molar-refractivity contribution in [1.82, 2.24) is 25.1 Å². The molecule has 116 valence electrons. The quantitative estimate of drug-likeness (QED) is 0.876. The maximum atomic E-state index is 4.64. The van der Waals surface area contributed by atoms with Gasteiger partial charge in [0.05, 0.1) is 5.69 Å². The summed E-state index contributed by atoms with van der Waals surface area (Å²) in [5.74, 6) is 1.89. The van der Waals surface area contributed by atoms with Gasteiger partial charge in [0.1, 0.15) is 11.6 Å². The first-order chi connectivity index (χ1) is 10.7. The highest BCUT2D eigenvalue weighted by molar-refractivity contribution is 5.48. The molecule has 0 spiro atoms. The maximum absolute atomic E-state index is 4.64. The smallest absolute Gasteiger partial charge is 0.133 e. The van der Waals surface area contributed by atoms with E-state index >= 15 is 0 Å². The van der Waals surface area contributed by atoms with E-state index in [1.54, 1.807) is 0 Å². The van der Waals surface area contributed by atoms with Crippen LogP contribution in [0.2, 0.25) is 0 Å². The molecule has 6 heteroatoms. The monoisotopic (exact) mass is 298 g/mol. The Morgan fingerprint density at radius 2 is 2.27 bits per heavy atom. The molecule has 0 bridgehead atoms. The van der Waals surface area contributed by atoms with E-state index in [0.29, 0.717) is 5.41 Å². The van der Waals surface area contributed by atoms with Crippen molar-refractivity contribution in [2.24, 2.45) is 5.41 Å². The Hall–Kier alpha value is -1.95. The zero-order valence-electron chi connectivity index (χ0n) is 13.0. The Morgan fingerprint density at radius 1 is 1.36 bits per heavy atom. The fraction of sp³-hybridized carbons (Fsp3) is 0.562. The number of anilines is 1. The van der Waals surface area contributed by atoms with Crippen LogP contribution in [-0.4, -0.2) is 32.8 Å². The minimum atomic E-state index is 0.338. The Balaban J connectivity index is 1.49. The van der Waals surface area contributed by atoms with E-state index in [1.165, 1.54) is 18.4 Å². The molecule has 2 aromatic heterocycles. The molecular weight excluding hydrogens is 276 g/mol. The molecule has 2 aliphatic rings. The van der Waals surface area contributed by atoms with Crippen LogP contribution >= 0.6 is 0 Å². The topological polar surface area (TPSA) is 67.7 Å². The molecular formula is C16H22N6. The second-order valence-electron chi connectivity index (χ2n) is 6.53. The van der Waals surface area contributed by atoms with Gasteiger partial charge in [0, 0.05) is 43.0 Å². The SMILES string of the molecule is Cc1nc2c(c(NCC3(Cn4cccn4)CC3)n1)CCNC2. The van der Waals surface area contributed by atoms with E-state index in [0.717, 1.165) is 49.9 Å². The number of hydrogen-bond acceptors (Lipinski definition) is 5. The first kappa shape index (κ1) is 13.7. The summed E-state index contributed by atoms with van der Waals surface area (Å²) in [6.45, 7) is 5.78. The van der Waals surface area contributed by atoms with Crippen LogP contribution in [0.3, 0.4) is 0 Å². The molecule has 2 aromatic rings. The number of fused-ring (bicyclic) bond motifs is 1. The summed E-state index contributed by atoms with van der Waals surface area (Å²) in [6, 6.07) is 1.99. The van der Waals surface area contributed by atoms with Gasteiger partial charge in [-0.3, -0.25) is 4.68 Å². The molecule has 0 saturated heterocycles. The maximum Gasteiger partial charge on any atom is 0.133 e. The van der Waals surface area contributed by atoms with Crippen LogP contribution in [0.25, 0.3) is 0 Å². The van der Waals surface area contributed by atoms with Gasteiger partial charge in [-0.15, -0.1) is 0 Å². The highest BCUT2D eigenvalue weighted by Crippen LogP contribution is 2.47. The Labute approximate surface area is 130 Å². The molecule has 1 fully saturated rings. The van der Waals surface area contributed by atoms with E-state index in [9.17, 15) is 0 Å². The van der Waals surface area contributed by atoms with Crippen LogP contribution in [0.1, 0.15) is 29.9 Å². The molecule has 0 aromatic carbocycles. The normalized spacial score (nSPS) is 18.8. The molecule has 1 aliphatic carbocycles. The summed E-state index contributed by atoms with van der Waals surface area (Å²) in [7, 11) is 0. The minimum Gasteiger partial charge on any atom is -0.369 e. The lowest BCUT2D eigenvalue weighted by Crippen LogP contribution is -2.28. The van der Waals surface area contributed by atoms with Crippen molar-refractivity contribution in [2.45, 2.75) is 39.3 Å². The van der Waals surface area contributed by atoms with E-state index in [1.807, 2.05) is 30.1 Å². The Bertz CT molecular complexity index is 660. The van der Waals surface area contributed by atoms with Gasteiger partial charge < -0.3 is 10.6 Å². The molecule has 0 radical (unpaired) electrons. The first-order valence-electron chi connectivity index (χ1n) is 8.03. The van der Waals surface area contributed by atoms with Crippen molar-refractivity contribution in [3.05, 3.63) is 35.5 Å². The number of aromatic nitrogens is 4.